The Morgan fingerprint density at radius 2 is 1.67 bits per heavy atom. The molecule has 2 aliphatic heterocycles. The number of hydrogen-bond acceptors (Lipinski definition) is 3. The quantitative estimate of drug-likeness (QED) is 0.808. The van der Waals surface area contributed by atoms with Crippen molar-refractivity contribution in [2.24, 2.45) is 0 Å². The molecule has 2 fully saturated rings. The molecule has 3 heteroatoms. The normalized spacial score (nSPS) is 24.8. The number of piperidine rings is 2. The molecule has 0 saturated carbocycles. The zero-order valence-corrected chi connectivity index (χ0v) is 12.3. The topological polar surface area (TPSA) is 18.5 Å². The Bertz CT molecular complexity index is 216. The van der Waals surface area contributed by atoms with Gasteiger partial charge >= 0.3 is 0 Å². The zero-order chi connectivity index (χ0) is 12.8. The highest BCUT2D eigenvalue weighted by Crippen LogP contribution is 2.20. The predicted molar refractivity (Wildman–Crippen MR) is 78.0 cm³/mol. The Morgan fingerprint density at radius 3 is 2.28 bits per heavy atom. The van der Waals surface area contributed by atoms with Gasteiger partial charge in [-0.1, -0.05) is 20.3 Å². The first-order valence-electron chi connectivity index (χ1n) is 7.95. The summed E-state index contributed by atoms with van der Waals surface area (Å²) in [5.74, 6) is 0. The fourth-order valence-electron chi connectivity index (χ4n) is 3.30. The maximum absolute atomic E-state index is 3.52. The summed E-state index contributed by atoms with van der Waals surface area (Å²) in [6.07, 6.45) is 7.09. The van der Waals surface area contributed by atoms with Gasteiger partial charge in [-0.2, -0.15) is 0 Å². The van der Waals surface area contributed by atoms with Crippen LogP contribution in [0.15, 0.2) is 0 Å². The Hall–Kier alpha value is -0.120. The van der Waals surface area contributed by atoms with Gasteiger partial charge in [0.2, 0.25) is 0 Å². The minimum absolute atomic E-state index is 0.621. The fraction of sp³-hybridized carbons (Fsp3) is 1.00. The smallest absolute Gasteiger partial charge is 0.0120 e. The maximum atomic E-state index is 3.52. The van der Waals surface area contributed by atoms with Crippen molar-refractivity contribution in [2.45, 2.75) is 58.0 Å². The lowest BCUT2D eigenvalue weighted by atomic mass is 10.00. The summed E-state index contributed by atoms with van der Waals surface area (Å²) in [6.45, 7) is 12.2. The highest BCUT2D eigenvalue weighted by Gasteiger charge is 2.25. The van der Waals surface area contributed by atoms with E-state index in [2.05, 4.69) is 29.0 Å². The van der Waals surface area contributed by atoms with Gasteiger partial charge in [0.15, 0.2) is 0 Å². The molecular formula is C15H31N3. The zero-order valence-electron chi connectivity index (χ0n) is 12.3. The molecule has 0 atom stereocenters. The summed E-state index contributed by atoms with van der Waals surface area (Å²) >= 11 is 0. The molecular weight excluding hydrogens is 222 g/mol. The number of rotatable bonds is 5. The van der Waals surface area contributed by atoms with E-state index in [0.29, 0.717) is 6.04 Å². The van der Waals surface area contributed by atoms with Crippen molar-refractivity contribution in [1.82, 2.24) is 15.1 Å². The Kier molecular flexibility index (Phi) is 5.93. The molecule has 2 aliphatic rings. The van der Waals surface area contributed by atoms with Crippen molar-refractivity contribution in [3.8, 4) is 0 Å². The molecule has 0 aromatic carbocycles. The second-order valence-electron chi connectivity index (χ2n) is 6.28. The van der Waals surface area contributed by atoms with E-state index in [0.717, 1.165) is 12.6 Å². The molecule has 18 heavy (non-hydrogen) atoms. The molecule has 2 heterocycles. The van der Waals surface area contributed by atoms with Crippen LogP contribution >= 0.6 is 0 Å². The van der Waals surface area contributed by atoms with Crippen molar-refractivity contribution in [3.05, 3.63) is 0 Å². The van der Waals surface area contributed by atoms with Crippen LogP contribution in [0.5, 0.6) is 0 Å². The Labute approximate surface area is 113 Å². The minimum atomic E-state index is 0.621. The third-order valence-corrected chi connectivity index (χ3v) is 4.44. The van der Waals surface area contributed by atoms with Gasteiger partial charge < -0.3 is 15.1 Å². The summed E-state index contributed by atoms with van der Waals surface area (Å²) in [6, 6.07) is 1.51. The molecule has 0 spiro atoms. The molecule has 0 aromatic rings. The van der Waals surface area contributed by atoms with Gasteiger partial charge in [-0.25, -0.2) is 0 Å². The van der Waals surface area contributed by atoms with Crippen LogP contribution in [-0.2, 0) is 0 Å². The Morgan fingerprint density at radius 1 is 1.00 bits per heavy atom. The van der Waals surface area contributed by atoms with E-state index in [4.69, 9.17) is 0 Å². The summed E-state index contributed by atoms with van der Waals surface area (Å²) in [5.41, 5.74) is 0. The number of nitrogens with zero attached hydrogens (tertiary/aromatic N) is 2. The monoisotopic (exact) mass is 253 g/mol. The summed E-state index contributed by atoms with van der Waals surface area (Å²) < 4.78 is 0. The molecule has 0 amide bonds. The third-order valence-electron chi connectivity index (χ3n) is 4.44. The molecule has 2 rings (SSSR count). The van der Waals surface area contributed by atoms with Crippen molar-refractivity contribution in [1.29, 1.82) is 0 Å². The van der Waals surface area contributed by atoms with Crippen LogP contribution in [0.1, 0.15) is 46.0 Å². The predicted octanol–water partition coefficient (Wildman–Crippen LogP) is 1.93. The van der Waals surface area contributed by atoms with E-state index in [-0.39, 0.29) is 0 Å². The molecule has 0 aromatic heterocycles. The van der Waals surface area contributed by atoms with Crippen molar-refractivity contribution >= 4 is 0 Å². The average molecular weight is 253 g/mol. The van der Waals surface area contributed by atoms with Crippen LogP contribution in [0.2, 0.25) is 0 Å². The lowest BCUT2D eigenvalue weighted by Gasteiger charge is -2.40. The van der Waals surface area contributed by atoms with Crippen LogP contribution in [0, 0.1) is 0 Å². The van der Waals surface area contributed by atoms with Crippen molar-refractivity contribution in [3.63, 3.8) is 0 Å². The molecule has 0 aliphatic carbocycles. The number of likely N-dealkylation sites (tertiary alicyclic amines) is 2. The van der Waals surface area contributed by atoms with Crippen molar-refractivity contribution in [2.75, 3.05) is 39.3 Å². The van der Waals surface area contributed by atoms with Crippen molar-refractivity contribution < 1.29 is 0 Å². The SMILES string of the molecule is CC(C)NCCN1CCC(N2CCCCC2)CC1. The molecule has 0 bridgehead atoms. The molecule has 106 valence electrons. The van der Waals surface area contributed by atoms with Gasteiger partial charge in [0, 0.05) is 25.2 Å². The maximum Gasteiger partial charge on any atom is 0.0120 e. The first kappa shape index (κ1) is 14.3. The second kappa shape index (κ2) is 7.46. The van der Waals surface area contributed by atoms with E-state index in [1.54, 1.807) is 0 Å². The molecule has 2 saturated heterocycles. The number of nitrogens with one attached hydrogen (secondary N) is 1. The van der Waals surface area contributed by atoms with Crippen LogP contribution in [0.25, 0.3) is 0 Å². The van der Waals surface area contributed by atoms with Gasteiger partial charge in [-0.3, -0.25) is 0 Å². The van der Waals surface area contributed by atoms with Crippen LogP contribution in [-0.4, -0.2) is 61.2 Å². The van der Waals surface area contributed by atoms with Crippen LogP contribution in [0.4, 0.5) is 0 Å². The average Bonchev–Trinajstić information content (AvgIpc) is 2.40. The highest BCUT2D eigenvalue weighted by molar-refractivity contribution is 4.81. The number of hydrogen-bond donors (Lipinski definition) is 1. The molecule has 0 unspecified atom stereocenters. The van der Waals surface area contributed by atoms with Gasteiger partial charge in [-0.05, 0) is 51.9 Å². The first-order valence-corrected chi connectivity index (χ1v) is 7.95. The first-order chi connectivity index (χ1) is 8.75. The highest BCUT2D eigenvalue weighted by atomic mass is 15.2. The minimum Gasteiger partial charge on any atom is -0.313 e. The van der Waals surface area contributed by atoms with E-state index in [9.17, 15) is 0 Å². The van der Waals surface area contributed by atoms with Crippen LogP contribution in [0.3, 0.4) is 0 Å². The Balaban J connectivity index is 1.61. The van der Waals surface area contributed by atoms with E-state index in [1.807, 2.05) is 0 Å². The third kappa shape index (κ3) is 4.52. The molecule has 0 radical (unpaired) electrons. The summed E-state index contributed by atoms with van der Waals surface area (Å²) in [5, 5.41) is 3.52. The largest absolute Gasteiger partial charge is 0.313 e. The molecule has 3 nitrogen and oxygen atoms in total. The lowest BCUT2D eigenvalue weighted by molar-refractivity contribution is 0.0927. The molecule has 1 N–H and O–H groups in total. The van der Waals surface area contributed by atoms with Gasteiger partial charge in [-0.15, -0.1) is 0 Å². The summed E-state index contributed by atoms with van der Waals surface area (Å²) in [7, 11) is 0. The van der Waals surface area contributed by atoms with E-state index in [1.165, 1.54) is 64.8 Å². The summed E-state index contributed by atoms with van der Waals surface area (Å²) in [4.78, 5) is 5.39. The lowest BCUT2D eigenvalue weighted by Crippen LogP contribution is -2.48. The van der Waals surface area contributed by atoms with Gasteiger partial charge in [0.25, 0.3) is 0 Å². The van der Waals surface area contributed by atoms with Crippen LogP contribution < -0.4 is 5.32 Å². The fourth-order valence-corrected chi connectivity index (χ4v) is 3.30. The second-order valence-corrected chi connectivity index (χ2v) is 6.28. The van der Waals surface area contributed by atoms with E-state index < -0.39 is 0 Å². The van der Waals surface area contributed by atoms with Gasteiger partial charge in [0.05, 0.1) is 0 Å². The standard InChI is InChI=1S/C15H31N3/c1-14(2)16-8-13-17-11-6-15(7-12-17)18-9-4-3-5-10-18/h14-16H,3-13H2,1-2H3. The van der Waals surface area contributed by atoms with E-state index >= 15 is 0 Å². The van der Waals surface area contributed by atoms with Gasteiger partial charge in [0.1, 0.15) is 0 Å².